The molecule has 0 aliphatic carbocycles. The predicted molar refractivity (Wildman–Crippen MR) is 76.9 cm³/mol. The van der Waals surface area contributed by atoms with Gasteiger partial charge in [-0.1, -0.05) is 17.3 Å². The van der Waals surface area contributed by atoms with Crippen LogP contribution in [0.4, 0.5) is 13.2 Å². The molecule has 2 aromatic rings. The molecule has 0 fully saturated rings. The van der Waals surface area contributed by atoms with E-state index in [1.807, 2.05) is 0 Å². The van der Waals surface area contributed by atoms with Crippen LogP contribution in [0.25, 0.3) is 0 Å². The molecular formula is C14H15F3N2O3S. The van der Waals surface area contributed by atoms with Crippen LogP contribution in [-0.4, -0.2) is 13.6 Å². The number of halogens is 3. The van der Waals surface area contributed by atoms with Crippen molar-refractivity contribution >= 4 is 10.0 Å². The van der Waals surface area contributed by atoms with Gasteiger partial charge in [-0.05, 0) is 31.5 Å². The molecule has 1 aromatic heterocycles. The molecule has 1 aromatic carbocycles. The van der Waals surface area contributed by atoms with Gasteiger partial charge in [0.2, 0.25) is 10.0 Å². The average molecular weight is 348 g/mol. The van der Waals surface area contributed by atoms with Crippen LogP contribution in [0.15, 0.2) is 34.9 Å². The topological polar surface area (TPSA) is 72.2 Å². The molecule has 1 N–H and O–H groups in total. The summed E-state index contributed by atoms with van der Waals surface area (Å²) in [6.45, 7) is 3.12. The number of aromatic nitrogens is 1. The Balaban J connectivity index is 2.13. The predicted octanol–water partition coefficient (Wildman–Crippen LogP) is 3.18. The highest BCUT2D eigenvalue weighted by Crippen LogP contribution is 2.30. The lowest BCUT2D eigenvalue weighted by Crippen LogP contribution is -2.28. The fourth-order valence-electron chi connectivity index (χ4n) is 2.03. The summed E-state index contributed by atoms with van der Waals surface area (Å²) >= 11 is 0. The minimum atomic E-state index is -4.48. The van der Waals surface area contributed by atoms with E-state index in [4.69, 9.17) is 4.52 Å². The average Bonchev–Trinajstić information content (AvgIpc) is 2.81. The van der Waals surface area contributed by atoms with Gasteiger partial charge < -0.3 is 4.52 Å². The number of benzene rings is 1. The quantitative estimate of drug-likeness (QED) is 0.901. The van der Waals surface area contributed by atoms with E-state index in [0.29, 0.717) is 5.69 Å². The zero-order valence-corrected chi connectivity index (χ0v) is 13.2. The summed E-state index contributed by atoms with van der Waals surface area (Å²) in [5, 5.41) is 3.58. The first-order chi connectivity index (χ1) is 10.6. The lowest BCUT2D eigenvalue weighted by molar-refractivity contribution is -0.137. The lowest BCUT2D eigenvalue weighted by Gasteiger charge is -2.16. The van der Waals surface area contributed by atoms with E-state index in [2.05, 4.69) is 9.88 Å². The first-order valence-electron chi connectivity index (χ1n) is 6.66. The maximum atomic E-state index is 12.7. The van der Waals surface area contributed by atoms with Crippen molar-refractivity contribution in [3.63, 3.8) is 0 Å². The lowest BCUT2D eigenvalue weighted by atomic mass is 10.1. The fraction of sp³-hybridized carbons (Fsp3) is 0.357. The second kappa shape index (κ2) is 6.32. The van der Waals surface area contributed by atoms with E-state index in [1.165, 1.54) is 25.1 Å². The third-order valence-corrected chi connectivity index (χ3v) is 4.46. The maximum absolute atomic E-state index is 12.7. The molecule has 126 valence electrons. The number of hydrogen-bond donors (Lipinski definition) is 1. The van der Waals surface area contributed by atoms with E-state index in [1.54, 1.807) is 6.92 Å². The summed E-state index contributed by atoms with van der Waals surface area (Å²) < 4.78 is 69.4. The monoisotopic (exact) mass is 348 g/mol. The molecule has 0 saturated heterocycles. The van der Waals surface area contributed by atoms with Gasteiger partial charge in [0.15, 0.2) is 5.76 Å². The molecule has 1 heterocycles. The Labute approximate surface area is 131 Å². The number of sulfonamides is 1. The molecule has 1 atom stereocenters. The van der Waals surface area contributed by atoms with Crippen molar-refractivity contribution in [2.75, 3.05) is 0 Å². The van der Waals surface area contributed by atoms with E-state index in [9.17, 15) is 21.6 Å². The van der Waals surface area contributed by atoms with Crippen LogP contribution in [0.5, 0.6) is 0 Å². The van der Waals surface area contributed by atoms with Crippen molar-refractivity contribution in [3.05, 3.63) is 52.9 Å². The van der Waals surface area contributed by atoms with E-state index in [0.717, 1.165) is 12.1 Å². The van der Waals surface area contributed by atoms with E-state index in [-0.39, 0.29) is 11.3 Å². The van der Waals surface area contributed by atoms with Crippen LogP contribution in [-0.2, 0) is 22.0 Å². The van der Waals surface area contributed by atoms with Gasteiger partial charge in [0.1, 0.15) is 5.75 Å². The Hall–Kier alpha value is -1.87. The Bertz CT molecular complexity index is 785. The molecule has 5 nitrogen and oxygen atoms in total. The first kappa shape index (κ1) is 17.5. The number of rotatable bonds is 5. The first-order valence-corrected chi connectivity index (χ1v) is 8.31. The Morgan fingerprint density at radius 1 is 1.30 bits per heavy atom. The Morgan fingerprint density at radius 3 is 2.57 bits per heavy atom. The third-order valence-electron chi connectivity index (χ3n) is 3.08. The molecular weight excluding hydrogens is 333 g/mol. The zero-order valence-electron chi connectivity index (χ0n) is 12.4. The van der Waals surface area contributed by atoms with Crippen LogP contribution in [0.1, 0.15) is 35.5 Å². The van der Waals surface area contributed by atoms with Gasteiger partial charge in [-0.15, -0.1) is 0 Å². The normalized spacial score (nSPS) is 14.0. The van der Waals surface area contributed by atoms with Crippen molar-refractivity contribution in [2.45, 2.75) is 31.8 Å². The highest BCUT2D eigenvalue weighted by molar-refractivity contribution is 7.88. The summed E-state index contributed by atoms with van der Waals surface area (Å²) in [6.07, 6.45) is -4.48. The Kier molecular flexibility index (Phi) is 4.81. The minimum absolute atomic E-state index is 0.159. The molecule has 0 saturated carbocycles. The standard InChI is InChI=1S/C14H15F3N2O3S/c1-9-6-13(22-18-9)8-23(20,21)19-10(2)11-4-3-5-12(7-11)14(15,16)17/h3-7,10,19H,8H2,1-2H3/t10-/m0/s1. The van der Waals surface area contributed by atoms with Crippen molar-refractivity contribution in [1.29, 1.82) is 0 Å². The summed E-state index contributed by atoms with van der Waals surface area (Å²) in [4.78, 5) is 0. The van der Waals surface area contributed by atoms with E-state index >= 15 is 0 Å². The van der Waals surface area contributed by atoms with Crippen LogP contribution in [0.2, 0.25) is 0 Å². The summed E-state index contributed by atoms with van der Waals surface area (Å²) in [5.74, 6) is -0.275. The van der Waals surface area contributed by atoms with Gasteiger partial charge in [-0.25, -0.2) is 13.1 Å². The van der Waals surface area contributed by atoms with Crippen molar-refractivity contribution in [1.82, 2.24) is 9.88 Å². The van der Waals surface area contributed by atoms with Gasteiger partial charge in [0.05, 0.1) is 11.3 Å². The smallest absolute Gasteiger partial charge is 0.360 e. The van der Waals surface area contributed by atoms with Gasteiger partial charge in [-0.3, -0.25) is 0 Å². The van der Waals surface area contributed by atoms with Crippen molar-refractivity contribution < 1.29 is 26.1 Å². The highest BCUT2D eigenvalue weighted by Gasteiger charge is 2.31. The SMILES string of the molecule is Cc1cc(CS(=O)(=O)N[C@@H](C)c2cccc(C(F)(F)F)c2)on1. The molecule has 0 unspecified atom stereocenters. The van der Waals surface area contributed by atoms with Crippen LogP contribution in [0.3, 0.4) is 0 Å². The molecule has 2 rings (SSSR count). The minimum Gasteiger partial charge on any atom is -0.360 e. The summed E-state index contributed by atoms with van der Waals surface area (Å²) in [7, 11) is -3.78. The largest absolute Gasteiger partial charge is 0.416 e. The molecule has 0 spiro atoms. The molecule has 23 heavy (non-hydrogen) atoms. The maximum Gasteiger partial charge on any atom is 0.416 e. The molecule has 0 radical (unpaired) electrons. The molecule has 0 aliphatic rings. The number of alkyl halides is 3. The van der Waals surface area contributed by atoms with Gasteiger partial charge in [-0.2, -0.15) is 13.2 Å². The van der Waals surface area contributed by atoms with Crippen LogP contribution < -0.4 is 4.72 Å². The number of hydrogen-bond acceptors (Lipinski definition) is 4. The van der Waals surface area contributed by atoms with Crippen molar-refractivity contribution in [2.24, 2.45) is 0 Å². The number of nitrogens with one attached hydrogen (secondary N) is 1. The van der Waals surface area contributed by atoms with Crippen molar-refractivity contribution in [3.8, 4) is 0 Å². The van der Waals surface area contributed by atoms with Gasteiger partial charge in [0.25, 0.3) is 0 Å². The summed E-state index contributed by atoms with van der Waals surface area (Å²) in [5.41, 5.74) is -0.0646. The summed E-state index contributed by atoms with van der Waals surface area (Å²) in [6, 6.07) is 5.19. The highest BCUT2D eigenvalue weighted by atomic mass is 32.2. The van der Waals surface area contributed by atoms with Crippen LogP contribution in [0, 0.1) is 6.92 Å². The second-order valence-corrected chi connectivity index (χ2v) is 6.91. The van der Waals surface area contributed by atoms with Gasteiger partial charge in [0, 0.05) is 12.1 Å². The van der Waals surface area contributed by atoms with Crippen LogP contribution >= 0.6 is 0 Å². The number of aryl methyl sites for hydroxylation is 1. The van der Waals surface area contributed by atoms with Gasteiger partial charge >= 0.3 is 6.18 Å². The third kappa shape index (κ3) is 4.80. The number of nitrogens with zero attached hydrogens (tertiary/aromatic N) is 1. The van der Waals surface area contributed by atoms with E-state index < -0.39 is 33.6 Å². The fourth-order valence-corrected chi connectivity index (χ4v) is 3.30. The zero-order chi connectivity index (χ0) is 17.3. The second-order valence-electron chi connectivity index (χ2n) is 5.16. The molecule has 0 aliphatic heterocycles. The Morgan fingerprint density at radius 2 is 2.00 bits per heavy atom. The molecule has 0 amide bonds. The molecule has 0 bridgehead atoms. The molecule has 9 heteroatoms.